The predicted octanol–water partition coefficient (Wildman–Crippen LogP) is 2.21. The molecule has 3 nitrogen and oxygen atoms in total. The molecular formula is C16H28N2O. The van der Waals surface area contributed by atoms with E-state index in [1.54, 1.807) is 0 Å². The lowest BCUT2D eigenvalue weighted by atomic mass is 9.97. The highest BCUT2D eigenvalue weighted by atomic mass is 16.3. The molecule has 3 N–H and O–H groups in total. The van der Waals surface area contributed by atoms with Crippen LogP contribution in [0.5, 0.6) is 0 Å². The Kier molecular flexibility index (Phi) is 7.72. The van der Waals surface area contributed by atoms with Crippen LogP contribution in [0.2, 0.25) is 0 Å². The summed E-state index contributed by atoms with van der Waals surface area (Å²) >= 11 is 0. The number of hydrogen-bond donors (Lipinski definition) is 2. The van der Waals surface area contributed by atoms with Crippen molar-refractivity contribution >= 4 is 0 Å². The lowest BCUT2D eigenvalue weighted by molar-refractivity contribution is 0.136. The monoisotopic (exact) mass is 264 g/mol. The first-order valence-corrected chi connectivity index (χ1v) is 7.36. The van der Waals surface area contributed by atoms with E-state index < -0.39 is 0 Å². The molecule has 1 unspecified atom stereocenters. The lowest BCUT2D eigenvalue weighted by Crippen LogP contribution is -2.40. The molecule has 0 radical (unpaired) electrons. The molecule has 0 heterocycles. The van der Waals surface area contributed by atoms with Gasteiger partial charge in [-0.2, -0.15) is 0 Å². The van der Waals surface area contributed by atoms with Gasteiger partial charge in [0.25, 0.3) is 0 Å². The summed E-state index contributed by atoms with van der Waals surface area (Å²) < 4.78 is 0. The smallest absolute Gasteiger partial charge is 0.0558 e. The normalized spacial score (nSPS) is 13.2. The molecule has 3 heteroatoms. The van der Waals surface area contributed by atoms with Gasteiger partial charge in [0.2, 0.25) is 0 Å². The minimum absolute atomic E-state index is 0.211. The van der Waals surface area contributed by atoms with Crippen molar-refractivity contribution in [2.45, 2.75) is 38.6 Å². The molecule has 0 aliphatic heterocycles. The van der Waals surface area contributed by atoms with E-state index in [9.17, 15) is 5.11 Å². The average Bonchev–Trinajstić information content (AvgIpc) is 2.46. The maximum Gasteiger partial charge on any atom is 0.0558 e. The standard InChI is InChI=1S/C16H28N2O/c1-3-16(4-2)18(10-11-19)13-15(12-17)14-8-6-5-7-9-14/h5-9,15-16,19H,3-4,10-13,17H2,1-2H3. The van der Waals surface area contributed by atoms with Crippen LogP contribution in [0.25, 0.3) is 0 Å². The topological polar surface area (TPSA) is 49.5 Å². The minimum Gasteiger partial charge on any atom is -0.395 e. The summed E-state index contributed by atoms with van der Waals surface area (Å²) in [6.45, 7) is 6.93. The van der Waals surface area contributed by atoms with E-state index in [2.05, 4.69) is 43.0 Å². The van der Waals surface area contributed by atoms with Gasteiger partial charge in [0, 0.05) is 31.6 Å². The Labute approximate surface area is 117 Å². The zero-order valence-electron chi connectivity index (χ0n) is 12.3. The summed E-state index contributed by atoms with van der Waals surface area (Å²) in [6.07, 6.45) is 2.23. The quantitative estimate of drug-likeness (QED) is 0.719. The fraction of sp³-hybridized carbons (Fsp3) is 0.625. The number of hydrogen-bond acceptors (Lipinski definition) is 3. The second-order valence-electron chi connectivity index (χ2n) is 5.03. The van der Waals surface area contributed by atoms with Crippen molar-refractivity contribution in [1.82, 2.24) is 4.90 Å². The van der Waals surface area contributed by atoms with Gasteiger partial charge in [-0.25, -0.2) is 0 Å². The molecule has 0 spiro atoms. The first-order chi connectivity index (χ1) is 9.26. The van der Waals surface area contributed by atoms with Gasteiger partial charge in [0.1, 0.15) is 0 Å². The van der Waals surface area contributed by atoms with Crippen LogP contribution in [0, 0.1) is 0 Å². The number of benzene rings is 1. The van der Waals surface area contributed by atoms with Gasteiger partial charge in [-0.05, 0) is 18.4 Å². The number of rotatable bonds is 9. The van der Waals surface area contributed by atoms with E-state index in [0.717, 1.165) is 25.9 Å². The average molecular weight is 264 g/mol. The third-order valence-electron chi connectivity index (χ3n) is 3.86. The van der Waals surface area contributed by atoms with Crippen molar-refractivity contribution in [2.24, 2.45) is 5.73 Å². The molecule has 0 bridgehead atoms. The summed E-state index contributed by atoms with van der Waals surface area (Å²) in [5, 5.41) is 9.26. The van der Waals surface area contributed by atoms with Crippen LogP contribution in [0.15, 0.2) is 30.3 Å². The van der Waals surface area contributed by atoms with Gasteiger partial charge < -0.3 is 10.8 Å². The van der Waals surface area contributed by atoms with E-state index in [0.29, 0.717) is 18.5 Å². The van der Waals surface area contributed by atoms with Crippen LogP contribution in [0.1, 0.15) is 38.2 Å². The molecule has 1 rings (SSSR count). The van der Waals surface area contributed by atoms with Gasteiger partial charge in [0.05, 0.1) is 6.61 Å². The van der Waals surface area contributed by atoms with Crippen LogP contribution >= 0.6 is 0 Å². The Morgan fingerprint density at radius 3 is 2.26 bits per heavy atom. The minimum atomic E-state index is 0.211. The molecule has 0 aliphatic rings. The van der Waals surface area contributed by atoms with Gasteiger partial charge >= 0.3 is 0 Å². The Morgan fingerprint density at radius 2 is 1.79 bits per heavy atom. The van der Waals surface area contributed by atoms with Crippen molar-refractivity contribution in [3.8, 4) is 0 Å². The van der Waals surface area contributed by atoms with E-state index in [-0.39, 0.29) is 6.61 Å². The van der Waals surface area contributed by atoms with Crippen molar-refractivity contribution in [1.29, 1.82) is 0 Å². The van der Waals surface area contributed by atoms with E-state index in [1.807, 2.05) is 6.07 Å². The predicted molar refractivity (Wildman–Crippen MR) is 81.3 cm³/mol. The third-order valence-corrected chi connectivity index (χ3v) is 3.86. The molecule has 0 aromatic heterocycles. The maximum atomic E-state index is 9.26. The zero-order chi connectivity index (χ0) is 14.1. The summed E-state index contributed by atoms with van der Waals surface area (Å²) in [4.78, 5) is 2.38. The van der Waals surface area contributed by atoms with Crippen molar-refractivity contribution in [3.05, 3.63) is 35.9 Å². The molecule has 0 saturated heterocycles. The molecule has 0 saturated carbocycles. The largest absolute Gasteiger partial charge is 0.395 e. The van der Waals surface area contributed by atoms with Gasteiger partial charge in [-0.15, -0.1) is 0 Å². The Hall–Kier alpha value is -0.900. The zero-order valence-corrected chi connectivity index (χ0v) is 12.3. The molecule has 19 heavy (non-hydrogen) atoms. The SMILES string of the molecule is CCC(CC)N(CCO)CC(CN)c1ccccc1. The Balaban J connectivity index is 2.75. The van der Waals surface area contributed by atoms with Gasteiger partial charge in [-0.3, -0.25) is 4.90 Å². The first kappa shape index (κ1) is 16.2. The molecule has 108 valence electrons. The molecule has 1 aromatic rings. The lowest BCUT2D eigenvalue weighted by Gasteiger charge is -2.33. The number of nitrogens with two attached hydrogens (primary N) is 1. The second-order valence-corrected chi connectivity index (χ2v) is 5.03. The maximum absolute atomic E-state index is 9.26. The molecule has 0 fully saturated rings. The summed E-state index contributed by atoms with van der Waals surface area (Å²) in [6, 6.07) is 11.0. The second kappa shape index (κ2) is 9.08. The molecular weight excluding hydrogens is 236 g/mol. The van der Waals surface area contributed by atoms with Crippen LogP contribution < -0.4 is 5.73 Å². The fourth-order valence-electron chi connectivity index (χ4n) is 2.68. The fourth-order valence-corrected chi connectivity index (χ4v) is 2.68. The molecule has 0 amide bonds. The van der Waals surface area contributed by atoms with Crippen molar-refractivity contribution in [2.75, 3.05) is 26.2 Å². The highest BCUT2D eigenvalue weighted by Gasteiger charge is 2.19. The molecule has 1 aromatic carbocycles. The van der Waals surface area contributed by atoms with Gasteiger partial charge in [0.15, 0.2) is 0 Å². The van der Waals surface area contributed by atoms with Crippen LogP contribution in [-0.4, -0.2) is 42.3 Å². The van der Waals surface area contributed by atoms with E-state index in [1.165, 1.54) is 5.56 Å². The van der Waals surface area contributed by atoms with Crippen molar-refractivity contribution < 1.29 is 5.11 Å². The van der Waals surface area contributed by atoms with Crippen LogP contribution in [0.3, 0.4) is 0 Å². The highest BCUT2D eigenvalue weighted by Crippen LogP contribution is 2.19. The summed E-state index contributed by atoms with van der Waals surface area (Å²) in [5.74, 6) is 0.341. The van der Waals surface area contributed by atoms with Crippen molar-refractivity contribution in [3.63, 3.8) is 0 Å². The first-order valence-electron chi connectivity index (χ1n) is 7.36. The number of nitrogens with zero attached hydrogens (tertiary/aromatic N) is 1. The van der Waals surface area contributed by atoms with E-state index in [4.69, 9.17) is 5.73 Å². The molecule has 1 atom stereocenters. The third kappa shape index (κ3) is 4.94. The van der Waals surface area contributed by atoms with Gasteiger partial charge in [-0.1, -0.05) is 44.2 Å². The summed E-state index contributed by atoms with van der Waals surface area (Å²) in [7, 11) is 0. The van der Waals surface area contributed by atoms with E-state index >= 15 is 0 Å². The Morgan fingerprint density at radius 1 is 1.16 bits per heavy atom. The highest BCUT2D eigenvalue weighted by molar-refractivity contribution is 5.20. The van der Waals surface area contributed by atoms with Crippen LogP contribution in [-0.2, 0) is 0 Å². The number of aliphatic hydroxyl groups is 1. The number of aliphatic hydroxyl groups excluding tert-OH is 1. The summed E-state index contributed by atoms with van der Waals surface area (Å²) in [5.41, 5.74) is 7.23. The molecule has 0 aliphatic carbocycles. The van der Waals surface area contributed by atoms with Crippen LogP contribution in [0.4, 0.5) is 0 Å². The Bertz CT molecular complexity index is 325.